The van der Waals surface area contributed by atoms with Crippen LogP contribution in [-0.2, 0) is 11.2 Å². The molecule has 0 aliphatic carbocycles. The minimum absolute atomic E-state index is 0.215. The molecule has 3 nitrogen and oxygen atoms in total. The number of nitrogens with zero attached hydrogens (tertiary/aromatic N) is 1. The highest BCUT2D eigenvalue weighted by Crippen LogP contribution is 2.24. The third-order valence-electron chi connectivity index (χ3n) is 2.26. The van der Waals surface area contributed by atoms with Crippen molar-refractivity contribution < 1.29 is 18.7 Å². The zero-order chi connectivity index (χ0) is 12.4. The lowest BCUT2D eigenvalue weighted by Gasteiger charge is -2.03. The Bertz CT molecular complexity index is 470. The minimum Gasteiger partial charge on any atom is -0.480 e. The molecule has 0 spiro atoms. The summed E-state index contributed by atoms with van der Waals surface area (Å²) in [5.74, 6) is -2.20. The number of benzene rings is 1. The third kappa shape index (κ3) is 3.03. The Hall–Kier alpha value is -1.43. The van der Waals surface area contributed by atoms with E-state index in [1.54, 1.807) is 0 Å². The van der Waals surface area contributed by atoms with E-state index in [1.165, 1.54) is 12.1 Å². The molecule has 1 N–H and O–H groups in total. The third-order valence-corrected chi connectivity index (χ3v) is 3.45. The molecule has 0 amide bonds. The van der Waals surface area contributed by atoms with Crippen LogP contribution in [0.25, 0.3) is 0 Å². The standard InChI is InChI=1S/C11H9F2NO2S/c12-7-1-6(2-8(13)4-7)3-10-14-5-9(17-10)11(15)16/h1-2,4,9H,3,5H2,(H,15,16). The lowest BCUT2D eigenvalue weighted by Crippen LogP contribution is -2.16. The summed E-state index contributed by atoms with van der Waals surface area (Å²) in [6, 6.07) is 3.24. The van der Waals surface area contributed by atoms with E-state index in [-0.39, 0.29) is 13.0 Å². The predicted molar refractivity (Wildman–Crippen MR) is 61.4 cm³/mol. The quantitative estimate of drug-likeness (QED) is 0.902. The van der Waals surface area contributed by atoms with Gasteiger partial charge in [-0.2, -0.15) is 0 Å². The maximum atomic E-state index is 12.9. The highest BCUT2D eigenvalue weighted by molar-refractivity contribution is 8.15. The first-order valence-electron chi connectivity index (χ1n) is 4.92. The molecule has 1 unspecified atom stereocenters. The highest BCUT2D eigenvalue weighted by Gasteiger charge is 2.25. The summed E-state index contributed by atoms with van der Waals surface area (Å²) in [6.07, 6.45) is 0.267. The maximum Gasteiger partial charge on any atom is 0.318 e. The summed E-state index contributed by atoms with van der Waals surface area (Å²) in [5, 5.41) is 8.79. The van der Waals surface area contributed by atoms with Crippen molar-refractivity contribution in [1.29, 1.82) is 0 Å². The zero-order valence-electron chi connectivity index (χ0n) is 8.69. The second-order valence-electron chi connectivity index (χ2n) is 3.63. The molecule has 1 aliphatic heterocycles. The number of halogens is 2. The molecule has 0 bridgehead atoms. The molecule has 17 heavy (non-hydrogen) atoms. The first-order valence-corrected chi connectivity index (χ1v) is 5.80. The molecule has 1 heterocycles. The van der Waals surface area contributed by atoms with Gasteiger partial charge in [0.15, 0.2) is 0 Å². The molecule has 0 radical (unpaired) electrons. The highest BCUT2D eigenvalue weighted by atomic mass is 32.2. The van der Waals surface area contributed by atoms with E-state index >= 15 is 0 Å². The van der Waals surface area contributed by atoms with Gasteiger partial charge in [0.1, 0.15) is 16.9 Å². The molecule has 0 aromatic heterocycles. The van der Waals surface area contributed by atoms with Crippen LogP contribution in [0.3, 0.4) is 0 Å². The van der Waals surface area contributed by atoms with E-state index in [9.17, 15) is 13.6 Å². The number of carbonyl (C=O) groups is 1. The Morgan fingerprint density at radius 3 is 2.59 bits per heavy atom. The summed E-state index contributed by atoms with van der Waals surface area (Å²) in [5.41, 5.74) is 0.458. The molecule has 1 aromatic carbocycles. The monoisotopic (exact) mass is 257 g/mol. The smallest absolute Gasteiger partial charge is 0.318 e. The second-order valence-corrected chi connectivity index (χ2v) is 4.91. The number of thioether (sulfide) groups is 1. The fraction of sp³-hybridized carbons (Fsp3) is 0.273. The van der Waals surface area contributed by atoms with Crippen molar-refractivity contribution in [2.24, 2.45) is 4.99 Å². The summed E-state index contributed by atoms with van der Waals surface area (Å²) in [7, 11) is 0. The van der Waals surface area contributed by atoms with Gasteiger partial charge in [-0.25, -0.2) is 8.78 Å². The minimum atomic E-state index is -0.917. The number of carboxylic acid groups (broad SMARTS) is 1. The van der Waals surface area contributed by atoms with Crippen LogP contribution < -0.4 is 0 Å². The number of hydrogen-bond donors (Lipinski definition) is 1. The Morgan fingerprint density at radius 2 is 2.06 bits per heavy atom. The van der Waals surface area contributed by atoms with Crippen LogP contribution in [0, 0.1) is 11.6 Å². The number of rotatable bonds is 3. The number of aliphatic carboxylic acids is 1. The van der Waals surface area contributed by atoms with Gasteiger partial charge in [0.25, 0.3) is 0 Å². The fourth-order valence-electron chi connectivity index (χ4n) is 1.54. The lowest BCUT2D eigenvalue weighted by atomic mass is 10.1. The zero-order valence-corrected chi connectivity index (χ0v) is 9.51. The van der Waals surface area contributed by atoms with Crippen LogP contribution in [0.15, 0.2) is 23.2 Å². The van der Waals surface area contributed by atoms with Gasteiger partial charge in [0.2, 0.25) is 0 Å². The van der Waals surface area contributed by atoms with E-state index in [2.05, 4.69) is 4.99 Å². The Balaban J connectivity index is 2.05. The number of hydrogen-bond acceptors (Lipinski definition) is 3. The molecule has 0 fully saturated rings. The summed E-state index contributed by atoms with van der Waals surface area (Å²) >= 11 is 1.13. The first kappa shape index (κ1) is 12.0. The molecule has 0 saturated heterocycles. The van der Waals surface area contributed by atoms with E-state index < -0.39 is 22.9 Å². The maximum absolute atomic E-state index is 12.9. The van der Waals surface area contributed by atoms with E-state index in [1.807, 2.05) is 0 Å². The van der Waals surface area contributed by atoms with E-state index in [4.69, 9.17) is 5.11 Å². The van der Waals surface area contributed by atoms with Gasteiger partial charge < -0.3 is 5.11 Å². The molecule has 1 aliphatic rings. The predicted octanol–water partition coefficient (Wildman–Crippen LogP) is 2.11. The van der Waals surface area contributed by atoms with Crippen molar-refractivity contribution in [3.05, 3.63) is 35.4 Å². The van der Waals surface area contributed by atoms with Gasteiger partial charge in [-0.3, -0.25) is 9.79 Å². The van der Waals surface area contributed by atoms with Gasteiger partial charge in [0.05, 0.1) is 11.6 Å². The van der Waals surface area contributed by atoms with Crippen molar-refractivity contribution >= 4 is 22.8 Å². The van der Waals surface area contributed by atoms with Crippen LogP contribution >= 0.6 is 11.8 Å². The molecular weight excluding hydrogens is 248 g/mol. The lowest BCUT2D eigenvalue weighted by molar-refractivity contribution is -0.136. The van der Waals surface area contributed by atoms with Crippen LogP contribution in [0.4, 0.5) is 8.78 Å². The average molecular weight is 257 g/mol. The van der Waals surface area contributed by atoms with Gasteiger partial charge in [0, 0.05) is 12.5 Å². The van der Waals surface area contributed by atoms with Crippen molar-refractivity contribution in [2.75, 3.05) is 6.54 Å². The molecule has 90 valence electrons. The molecule has 2 rings (SSSR count). The number of carboxylic acids is 1. The van der Waals surface area contributed by atoms with Gasteiger partial charge >= 0.3 is 5.97 Å². The molecule has 1 aromatic rings. The van der Waals surface area contributed by atoms with Crippen LogP contribution in [0.5, 0.6) is 0 Å². The van der Waals surface area contributed by atoms with Crippen LogP contribution in [-0.4, -0.2) is 27.9 Å². The molecule has 0 saturated carbocycles. The fourth-order valence-corrected chi connectivity index (χ4v) is 2.51. The van der Waals surface area contributed by atoms with E-state index in [0.717, 1.165) is 17.8 Å². The van der Waals surface area contributed by atoms with Gasteiger partial charge in [-0.1, -0.05) is 11.8 Å². The Labute approximate surface area is 101 Å². The largest absolute Gasteiger partial charge is 0.480 e. The second kappa shape index (κ2) is 4.83. The van der Waals surface area contributed by atoms with E-state index in [0.29, 0.717) is 10.6 Å². The summed E-state index contributed by atoms with van der Waals surface area (Å²) in [4.78, 5) is 14.7. The first-order chi connectivity index (χ1) is 8.04. The van der Waals surface area contributed by atoms with Crippen molar-refractivity contribution in [3.8, 4) is 0 Å². The Kier molecular flexibility index (Phi) is 3.42. The number of aliphatic imine (C=N–C) groups is 1. The molecule has 6 heteroatoms. The van der Waals surface area contributed by atoms with Gasteiger partial charge in [-0.15, -0.1) is 0 Å². The SMILES string of the molecule is O=C(O)C1CN=C(Cc2cc(F)cc(F)c2)S1. The Morgan fingerprint density at radius 1 is 1.41 bits per heavy atom. The average Bonchev–Trinajstić information content (AvgIpc) is 2.64. The molecular formula is C11H9F2NO2S. The summed E-state index contributed by atoms with van der Waals surface area (Å²) < 4.78 is 25.9. The molecule has 1 atom stereocenters. The van der Waals surface area contributed by atoms with Crippen LogP contribution in [0.2, 0.25) is 0 Å². The normalized spacial score (nSPS) is 19.2. The topological polar surface area (TPSA) is 49.7 Å². The van der Waals surface area contributed by atoms with Crippen molar-refractivity contribution in [3.63, 3.8) is 0 Å². The van der Waals surface area contributed by atoms with Crippen LogP contribution in [0.1, 0.15) is 5.56 Å². The van der Waals surface area contributed by atoms with Gasteiger partial charge in [-0.05, 0) is 17.7 Å². The van der Waals surface area contributed by atoms with Crippen molar-refractivity contribution in [1.82, 2.24) is 0 Å². The van der Waals surface area contributed by atoms with Crippen molar-refractivity contribution in [2.45, 2.75) is 11.7 Å². The summed E-state index contributed by atoms with van der Waals surface area (Å²) in [6.45, 7) is 0.215.